The summed E-state index contributed by atoms with van der Waals surface area (Å²) in [4.78, 5) is 10.9. The summed E-state index contributed by atoms with van der Waals surface area (Å²) in [6.07, 6.45) is 2.18. The molecule has 1 N–H and O–H groups in total. The van der Waals surface area contributed by atoms with Gasteiger partial charge < -0.3 is 15.0 Å². The maximum absolute atomic E-state index is 5.38. The molecule has 0 amide bonds. The van der Waals surface area contributed by atoms with E-state index in [0.717, 1.165) is 71.3 Å². The lowest BCUT2D eigenvalue weighted by molar-refractivity contribution is 0.0377. The van der Waals surface area contributed by atoms with E-state index in [1.165, 1.54) is 4.88 Å². The van der Waals surface area contributed by atoms with Gasteiger partial charge in [0.1, 0.15) is 0 Å². The lowest BCUT2D eigenvalue weighted by Crippen LogP contribution is -2.40. The Morgan fingerprint density at radius 3 is 2.88 bits per heavy atom. The van der Waals surface area contributed by atoms with Crippen molar-refractivity contribution in [2.75, 3.05) is 59.5 Å². The molecule has 138 valence electrons. The maximum Gasteiger partial charge on any atom is 0.193 e. The average molecular weight is 466 g/mol. The standard InChI is InChI=1S/C17H30N4OS.HI/c1-3-18-17(20(2)10-7-16-6-4-15-23-16)19-8-5-9-21-11-13-22-14-12-21;/h4,6,15H,3,5,7-14H2,1-2H3,(H,18,19);1H. The molecule has 24 heavy (non-hydrogen) atoms. The van der Waals surface area contributed by atoms with E-state index in [1.54, 1.807) is 0 Å². The van der Waals surface area contributed by atoms with Gasteiger partial charge in [0.05, 0.1) is 13.2 Å². The quantitative estimate of drug-likeness (QED) is 0.277. The van der Waals surface area contributed by atoms with Gasteiger partial charge in [0, 0.05) is 51.2 Å². The van der Waals surface area contributed by atoms with Gasteiger partial charge in [0.25, 0.3) is 0 Å². The van der Waals surface area contributed by atoms with E-state index in [9.17, 15) is 0 Å². The number of halogens is 1. The summed E-state index contributed by atoms with van der Waals surface area (Å²) in [6, 6.07) is 4.32. The summed E-state index contributed by atoms with van der Waals surface area (Å²) in [7, 11) is 2.12. The summed E-state index contributed by atoms with van der Waals surface area (Å²) in [6.45, 7) is 9.88. The predicted molar refractivity (Wildman–Crippen MR) is 114 cm³/mol. The van der Waals surface area contributed by atoms with Crippen LogP contribution in [0.15, 0.2) is 22.5 Å². The van der Waals surface area contributed by atoms with E-state index >= 15 is 0 Å². The molecule has 1 aromatic heterocycles. The SMILES string of the molecule is CCNC(=NCCCN1CCOCC1)N(C)CCc1cccs1.I. The van der Waals surface area contributed by atoms with Crippen LogP contribution in [0, 0.1) is 0 Å². The molecule has 0 spiro atoms. The number of thiophene rings is 1. The predicted octanol–water partition coefficient (Wildman–Crippen LogP) is 2.53. The molecule has 0 atom stereocenters. The minimum atomic E-state index is 0. The number of rotatable bonds is 8. The van der Waals surface area contributed by atoms with Gasteiger partial charge in [-0.1, -0.05) is 6.07 Å². The number of morpholine rings is 1. The second-order valence-electron chi connectivity index (χ2n) is 5.79. The summed E-state index contributed by atoms with van der Waals surface area (Å²) >= 11 is 1.82. The van der Waals surface area contributed by atoms with Crippen LogP contribution in [0.2, 0.25) is 0 Å². The summed E-state index contributed by atoms with van der Waals surface area (Å²) in [5, 5.41) is 5.54. The Hall–Kier alpha value is -0.380. The van der Waals surface area contributed by atoms with Crippen LogP contribution in [-0.4, -0.2) is 75.3 Å². The molecule has 0 radical (unpaired) electrons. The first-order valence-electron chi connectivity index (χ1n) is 8.61. The molecule has 0 unspecified atom stereocenters. The smallest absolute Gasteiger partial charge is 0.193 e. The molecule has 1 aliphatic heterocycles. The van der Waals surface area contributed by atoms with Gasteiger partial charge in [0.2, 0.25) is 0 Å². The molecule has 0 aromatic carbocycles. The van der Waals surface area contributed by atoms with Crippen LogP contribution in [-0.2, 0) is 11.2 Å². The fourth-order valence-corrected chi connectivity index (χ4v) is 3.31. The van der Waals surface area contributed by atoms with Crippen molar-refractivity contribution in [3.63, 3.8) is 0 Å². The van der Waals surface area contributed by atoms with Crippen molar-refractivity contribution in [3.05, 3.63) is 22.4 Å². The van der Waals surface area contributed by atoms with Crippen molar-refractivity contribution in [3.8, 4) is 0 Å². The van der Waals surface area contributed by atoms with Crippen molar-refractivity contribution >= 4 is 41.3 Å². The number of likely N-dealkylation sites (N-methyl/N-ethyl adjacent to an activating group) is 1. The highest BCUT2D eigenvalue weighted by atomic mass is 127. The number of hydrogen-bond donors (Lipinski definition) is 1. The Bertz CT molecular complexity index is 449. The number of aliphatic imine (C=N–C) groups is 1. The third-order valence-electron chi connectivity index (χ3n) is 3.97. The number of hydrogen-bond acceptors (Lipinski definition) is 4. The first-order chi connectivity index (χ1) is 11.3. The van der Waals surface area contributed by atoms with Crippen molar-refractivity contribution < 1.29 is 4.74 Å². The Balaban J connectivity index is 0.00000288. The highest BCUT2D eigenvalue weighted by Crippen LogP contribution is 2.09. The average Bonchev–Trinajstić information content (AvgIpc) is 3.10. The monoisotopic (exact) mass is 466 g/mol. The van der Waals surface area contributed by atoms with Gasteiger partial charge in [0.15, 0.2) is 5.96 Å². The highest BCUT2D eigenvalue weighted by molar-refractivity contribution is 14.0. The zero-order valence-electron chi connectivity index (χ0n) is 14.9. The maximum atomic E-state index is 5.38. The lowest BCUT2D eigenvalue weighted by atomic mass is 10.3. The van der Waals surface area contributed by atoms with E-state index in [4.69, 9.17) is 9.73 Å². The third-order valence-corrected chi connectivity index (χ3v) is 4.90. The summed E-state index contributed by atoms with van der Waals surface area (Å²) < 4.78 is 5.38. The molecule has 0 bridgehead atoms. The third kappa shape index (κ3) is 8.13. The van der Waals surface area contributed by atoms with Crippen LogP contribution in [0.25, 0.3) is 0 Å². The molecule has 7 heteroatoms. The lowest BCUT2D eigenvalue weighted by Gasteiger charge is -2.26. The number of nitrogens with zero attached hydrogens (tertiary/aromatic N) is 3. The van der Waals surface area contributed by atoms with Gasteiger partial charge in [-0.25, -0.2) is 0 Å². The van der Waals surface area contributed by atoms with Crippen molar-refractivity contribution in [1.82, 2.24) is 15.1 Å². The van der Waals surface area contributed by atoms with Crippen LogP contribution in [0.4, 0.5) is 0 Å². The van der Waals surface area contributed by atoms with E-state index < -0.39 is 0 Å². The fourth-order valence-electron chi connectivity index (χ4n) is 2.61. The van der Waals surface area contributed by atoms with E-state index in [-0.39, 0.29) is 24.0 Å². The number of nitrogens with one attached hydrogen (secondary N) is 1. The molecule has 2 heterocycles. The molecule has 5 nitrogen and oxygen atoms in total. The Labute approximate surface area is 167 Å². The largest absolute Gasteiger partial charge is 0.379 e. The van der Waals surface area contributed by atoms with E-state index in [1.807, 2.05) is 11.3 Å². The zero-order chi connectivity index (χ0) is 16.3. The molecular weight excluding hydrogens is 435 g/mol. The Kier molecular flexibility index (Phi) is 11.7. The van der Waals surface area contributed by atoms with Crippen molar-refractivity contribution in [2.24, 2.45) is 4.99 Å². The highest BCUT2D eigenvalue weighted by Gasteiger charge is 2.10. The fraction of sp³-hybridized carbons (Fsp3) is 0.706. The molecule has 1 aliphatic rings. The molecular formula is C17H31IN4OS. The number of guanidine groups is 1. The van der Waals surface area contributed by atoms with Gasteiger partial charge >= 0.3 is 0 Å². The Morgan fingerprint density at radius 1 is 1.42 bits per heavy atom. The molecule has 1 fully saturated rings. The van der Waals surface area contributed by atoms with Crippen LogP contribution in [0.1, 0.15) is 18.2 Å². The van der Waals surface area contributed by atoms with Gasteiger partial charge in [-0.05, 0) is 31.2 Å². The first kappa shape index (κ1) is 21.7. The topological polar surface area (TPSA) is 40.1 Å². The molecule has 0 aliphatic carbocycles. The zero-order valence-corrected chi connectivity index (χ0v) is 18.0. The normalized spacial score (nSPS) is 15.8. The molecule has 1 aromatic rings. The van der Waals surface area contributed by atoms with Crippen LogP contribution < -0.4 is 5.32 Å². The van der Waals surface area contributed by atoms with Gasteiger partial charge in [-0.3, -0.25) is 9.89 Å². The molecule has 0 saturated carbocycles. The molecule has 1 saturated heterocycles. The van der Waals surface area contributed by atoms with Crippen molar-refractivity contribution in [1.29, 1.82) is 0 Å². The van der Waals surface area contributed by atoms with E-state index in [0.29, 0.717) is 0 Å². The minimum absolute atomic E-state index is 0. The van der Waals surface area contributed by atoms with Gasteiger partial charge in [-0.2, -0.15) is 0 Å². The second-order valence-corrected chi connectivity index (χ2v) is 6.83. The first-order valence-corrected chi connectivity index (χ1v) is 9.49. The molecule has 2 rings (SSSR count). The van der Waals surface area contributed by atoms with Gasteiger partial charge in [-0.15, -0.1) is 35.3 Å². The number of ether oxygens (including phenoxy) is 1. The van der Waals surface area contributed by atoms with Crippen molar-refractivity contribution in [2.45, 2.75) is 19.8 Å². The minimum Gasteiger partial charge on any atom is -0.379 e. The second kappa shape index (κ2) is 12.9. The Morgan fingerprint density at radius 2 is 2.21 bits per heavy atom. The van der Waals surface area contributed by atoms with Crippen LogP contribution in [0.5, 0.6) is 0 Å². The van der Waals surface area contributed by atoms with Crippen LogP contribution in [0.3, 0.4) is 0 Å². The van der Waals surface area contributed by atoms with E-state index in [2.05, 4.69) is 46.6 Å². The summed E-state index contributed by atoms with van der Waals surface area (Å²) in [5.41, 5.74) is 0. The summed E-state index contributed by atoms with van der Waals surface area (Å²) in [5.74, 6) is 1.02. The van der Waals surface area contributed by atoms with Crippen LogP contribution >= 0.6 is 35.3 Å².